The Balaban J connectivity index is 1.69. The molecule has 1 saturated heterocycles. The first-order chi connectivity index (χ1) is 10.3. The van der Waals surface area contributed by atoms with Crippen LogP contribution < -0.4 is 5.32 Å². The summed E-state index contributed by atoms with van der Waals surface area (Å²) in [4.78, 5) is 13.0. The van der Waals surface area contributed by atoms with Crippen LogP contribution in [0.5, 0.6) is 0 Å². The third kappa shape index (κ3) is 3.72. The van der Waals surface area contributed by atoms with Crippen molar-refractivity contribution in [2.45, 2.75) is 18.9 Å². The molecule has 21 heavy (non-hydrogen) atoms. The number of benzene rings is 1. The van der Waals surface area contributed by atoms with E-state index in [1.54, 1.807) is 11.3 Å². The van der Waals surface area contributed by atoms with Gasteiger partial charge in [0.05, 0.1) is 4.88 Å². The Morgan fingerprint density at radius 1 is 1.29 bits per heavy atom. The largest absolute Gasteiger partial charge is 0.368 e. The monoisotopic (exact) mass is 297 g/mol. The van der Waals surface area contributed by atoms with Gasteiger partial charge in [-0.15, -0.1) is 11.3 Å². The van der Waals surface area contributed by atoms with Crippen molar-refractivity contribution in [3.63, 3.8) is 0 Å². The number of thiophene rings is 1. The van der Waals surface area contributed by atoms with Gasteiger partial charge in [-0.2, -0.15) is 0 Å². The van der Waals surface area contributed by atoms with E-state index in [-0.39, 0.29) is 12.0 Å². The van der Waals surface area contributed by atoms with Gasteiger partial charge in [0.2, 0.25) is 0 Å². The van der Waals surface area contributed by atoms with Gasteiger partial charge in [-0.25, -0.2) is 0 Å². The third-order valence-corrected chi connectivity index (χ3v) is 3.99. The predicted octanol–water partition coefficient (Wildman–Crippen LogP) is 3.27. The van der Waals surface area contributed by atoms with Gasteiger partial charge < -0.3 is 10.1 Å². The van der Waals surface area contributed by atoms with E-state index in [0.29, 0.717) is 6.61 Å². The molecule has 2 aromatic rings. The minimum absolute atomic E-state index is 0.0733. The van der Waals surface area contributed by atoms with Gasteiger partial charge in [0.15, 0.2) is 0 Å². The Morgan fingerprint density at radius 2 is 2.24 bits per heavy atom. The maximum Gasteiger partial charge on any atom is 0.253 e. The van der Waals surface area contributed by atoms with Gasteiger partial charge in [-0.05, 0) is 42.5 Å². The van der Waals surface area contributed by atoms with Crippen LogP contribution in [0, 0.1) is 11.8 Å². The maximum atomic E-state index is 12.0. The first kappa shape index (κ1) is 13.9. The summed E-state index contributed by atoms with van der Waals surface area (Å²) in [7, 11) is 0. The second kappa shape index (κ2) is 6.57. The average molecular weight is 297 g/mol. The molecule has 1 atom stereocenters. The molecule has 0 unspecified atom stereocenters. The molecule has 0 bridgehead atoms. The van der Waals surface area contributed by atoms with Crippen molar-refractivity contribution in [2.75, 3.05) is 11.9 Å². The van der Waals surface area contributed by atoms with E-state index >= 15 is 0 Å². The second-order valence-electron chi connectivity index (χ2n) is 4.80. The summed E-state index contributed by atoms with van der Waals surface area (Å²) in [6.07, 6.45) is 1.43. The van der Waals surface area contributed by atoms with Crippen LogP contribution in [0.4, 0.5) is 5.69 Å². The van der Waals surface area contributed by atoms with E-state index in [2.05, 4.69) is 17.2 Å². The fourth-order valence-electron chi connectivity index (χ4n) is 2.17. The van der Waals surface area contributed by atoms with Crippen molar-refractivity contribution < 1.29 is 9.53 Å². The molecule has 4 heteroatoms. The summed E-state index contributed by atoms with van der Waals surface area (Å²) in [6.45, 7) is 0.671. The van der Waals surface area contributed by atoms with E-state index in [9.17, 15) is 4.79 Å². The maximum absolute atomic E-state index is 12.0. The van der Waals surface area contributed by atoms with Crippen LogP contribution in [0.1, 0.15) is 23.3 Å². The van der Waals surface area contributed by atoms with Gasteiger partial charge in [-0.3, -0.25) is 4.79 Å². The number of anilines is 1. The molecule has 1 N–H and O–H groups in total. The normalized spacial score (nSPS) is 17.0. The summed E-state index contributed by atoms with van der Waals surface area (Å²) in [5.41, 5.74) is 1.64. The third-order valence-electron chi connectivity index (χ3n) is 3.20. The van der Waals surface area contributed by atoms with E-state index in [4.69, 9.17) is 4.74 Å². The van der Waals surface area contributed by atoms with Crippen LogP contribution in [0.25, 0.3) is 0 Å². The predicted molar refractivity (Wildman–Crippen MR) is 84.3 cm³/mol. The van der Waals surface area contributed by atoms with Crippen molar-refractivity contribution in [2.24, 2.45) is 0 Å². The van der Waals surface area contributed by atoms with E-state index in [1.165, 1.54) is 0 Å². The lowest BCUT2D eigenvalue weighted by Crippen LogP contribution is -2.26. The molecule has 1 amide bonds. The molecule has 0 radical (unpaired) electrons. The Bertz CT molecular complexity index is 676. The summed E-state index contributed by atoms with van der Waals surface area (Å²) in [5.74, 6) is 6.14. The highest BCUT2D eigenvalue weighted by atomic mass is 32.1. The standard InChI is InChI=1S/C17H15NO2S/c19-17(16-7-2-10-20-16)18-14-5-1-4-13(12-14)8-9-15-6-3-11-21-15/h1,3-6,11-12,16H,2,7,10H2,(H,18,19)/t16-/m1/s1. The summed E-state index contributed by atoms with van der Waals surface area (Å²) >= 11 is 1.61. The number of ether oxygens (including phenoxy) is 1. The van der Waals surface area contributed by atoms with Gasteiger partial charge in [0.1, 0.15) is 6.10 Å². The summed E-state index contributed by atoms with van der Waals surface area (Å²) in [6, 6.07) is 11.5. The number of carbonyl (C=O) groups is 1. The fourth-order valence-corrected chi connectivity index (χ4v) is 2.74. The molecule has 1 aromatic carbocycles. The zero-order valence-electron chi connectivity index (χ0n) is 11.5. The summed E-state index contributed by atoms with van der Waals surface area (Å²) in [5, 5.41) is 4.89. The Morgan fingerprint density at radius 3 is 3.00 bits per heavy atom. The van der Waals surface area contributed by atoms with Crippen LogP contribution in [0.2, 0.25) is 0 Å². The highest BCUT2D eigenvalue weighted by Crippen LogP contribution is 2.16. The lowest BCUT2D eigenvalue weighted by Gasteiger charge is -2.10. The van der Waals surface area contributed by atoms with Crippen molar-refractivity contribution in [1.82, 2.24) is 0 Å². The molecule has 106 valence electrons. The van der Waals surface area contributed by atoms with Crippen LogP contribution in [0.15, 0.2) is 41.8 Å². The molecular weight excluding hydrogens is 282 g/mol. The average Bonchev–Trinajstić information content (AvgIpc) is 3.19. The van der Waals surface area contributed by atoms with E-state index < -0.39 is 0 Å². The van der Waals surface area contributed by atoms with Crippen molar-refractivity contribution >= 4 is 22.9 Å². The SMILES string of the molecule is O=C(Nc1cccc(C#Cc2cccs2)c1)[C@H]1CCCO1. The van der Waals surface area contributed by atoms with E-state index in [0.717, 1.165) is 29.0 Å². The molecular formula is C17H15NO2S. The zero-order valence-corrected chi connectivity index (χ0v) is 12.3. The molecule has 1 aliphatic heterocycles. The van der Waals surface area contributed by atoms with Gasteiger partial charge >= 0.3 is 0 Å². The molecule has 0 aliphatic carbocycles. The van der Waals surface area contributed by atoms with Gasteiger partial charge in [-0.1, -0.05) is 24.0 Å². The van der Waals surface area contributed by atoms with Crippen molar-refractivity contribution in [1.29, 1.82) is 0 Å². The molecule has 1 aliphatic rings. The van der Waals surface area contributed by atoms with Crippen LogP contribution in [0.3, 0.4) is 0 Å². The summed E-state index contributed by atoms with van der Waals surface area (Å²) < 4.78 is 5.38. The number of nitrogens with one attached hydrogen (secondary N) is 1. The van der Waals surface area contributed by atoms with Gasteiger partial charge in [0.25, 0.3) is 5.91 Å². The quantitative estimate of drug-likeness (QED) is 0.864. The molecule has 1 fully saturated rings. The van der Waals surface area contributed by atoms with Crippen molar-refractivity contribution in [3.05, 3.63) is 52.2 Å². The Kier molecular flexibility index (Phi) is 4.34. The smallest absolute Gasteiger partial charge is 0.253 e. The minimum atomic E-state index is -0.314. The molecule has 3 nitrogen and oxygen atoms in total. The highest BCUT2D eigenvalue weighted by Gasteiger charge is 2.23. The first-order valence-corrected chi connectivity index (χ1v) is 7.77. The Labute approximate surface area is 128 Å². The molecule has 0 saturated carbocycles. The molecule has 0 spiro atoms. The lowest BCUT2D eigenvalue weighted by molar-refractivity contribution is -0.124. The Hall–Kier alpha value is -2.09. The zero-order chi connectivity index (χ0) is 14.5. The number of carbonyl (C=O) groups excluding carboxylic acids is 1. The number of hydrogen-bond acceptors (Lipinski definition) is 3. The number of hydrogen-bond donors (Lipinski definition) is 1. The molecule has 2 heterocycles. The topological polar surface area (TPSA) is 38.3 Å². The van der Waals surface area contributed by atoms with Crippen LogP contribution in [-0.4, -0.2) is 18.6 Å². The molecule has 1 aromatic heterocycles. The van der Waals surface area contributed by atoms with Crippen LogP contribution >= 0.6 is 11.3 Å². The highest BCUT2D eigenvalue weighted by molar-refractivity contribution is 7.10. The minimum Gasteiger partial charge on any atom is -0.368 e. The van der Waals surface area contributed by atoms with E-state index in [1.807, 2.05) is 41.8 Å². The molecule has 3 rings (SSSR count). The second-order valence-corrected chi connectivity index (χ2v) is 5.75. The van der Waals surface area contributed by atoms with Gasteiger partial charge in [0, 0.05) is 17.9 Å². The fraction of sp³-hybridized carbons (Fsp3) is 0.235. The lowest BCUT2D eigenvalue weighted by atomic mass is 10.2. The van der Waals surface area contributed by atoms with Crippen LogP contribution in [-0.2, 0) is 9.53 Å². The first-order valence-electron chi connectivity index (χ1n) is 6.89. The van der Waals surface area contributed by atoms with Crippen molar-refractivity contribution in [3.8, 4) is 11.8 Å². The number of rotatable bonds is 2. The number of amides is 1.